The van der Waals surface area contributed by atoms with Crippen molar-refractivity contribution in [1.29, 1.82) is 0 Å². The van der Waals surface area contributed by atoms with Crippen molar-refractivity contribution in [3.05, 3.63) is 58.7 Å². The predicted octanol–water partition coefficient (Wildman–Crippen LogP) is 4.09. The SMILES string of the molecule is Cc1ccc(C=O)cc1-c1cccc(C)c1C. The average molecular weight is 224 g/mol. The average Bonchev–Trinajstić information content (AvgIpc) is 2.34. The first-order valence-corrected chi connectivity index (χ1v) is 5.76. The molecule has 1 nitrogen and oxygen atoms in total. The van der Waals surface area contributed by atoms with Gasteiger partial charge in [-0.2, -0.15) is 0 Å². The molecule has 86 valence electrons. The molecule has 0 aliphatic carbocycles. The quantitative estimate of drug-likeness (QED) is 0.702. The van der Waals surface area contributed by atoms with Crippen LogP contribution in [0.25, 0.3) is 11.1 Å². The number of benzene rings is 2. The molecule has 0 saturated heterocycles. The summed E-state index contributed by atoms with van der Waals surface area (Å²) in [6, 6.07) is 12.1. The number of hydrogen-bond acceptors (Lipinski definition) is 1. The van der Waals surface area contributed by atoms with Gasteiger partial charge in [0.1, 0.15) is 6.29 Å². The number of aryl methyl sites for hydroxylation is 2. The highest BCUT2D eigenvalue weighted by Crippen LogP contribution is 2.28. The van der Waals surface area contributed by atoms with Gasteiger partial charge in [-0.15, -0.1) is 0 Å². The molecule has 17 heavy (non-hydrogen) atoms. The van der Waals surface area contributed by atoms with Crippen LogP contribution in [0.1, 0.15) is 27.0 Å². The van der Waals surface area contributed by atoms with Crippen molar-refractivity contribution in [2.75, 3.05) is 0 Å². The highest BCUT2D eigenvalue weighted by Gasteiger charge is 2.07. The third-order valence-electron chi connectivity index (χ3n) is 3.29. The molecule has 0 aromatic heterocycles. The lowest BCUT2D eigenvalue weighted by Gasteiger charge is -2.12. The van der Waals surface area contributed by atoms with E-state index in [1.807, 2.05) is 18.2 Å². The van der Waals surface area contributed by atoms with E-state index >= 15 is 0 Å². The summed E-state index contributed by atoms with van der Waals surface area (Å²) in [6.45, 7) is 6.31. The first kappa shape index (κ1) is 11.6. The second kappa shape index (κ2) is 4.54. The molecule has 0 fully saturated rings. The van der Waals surface area contributed by atoms with Crippen LogP contribution in [0.5, 0.6) is 0 Å². The third-order valence-corrected chi connectivity index (χ3v) is 3.29. The Morgan fingerprint density at radius 2 is 1.65 bits per heavy atom. The van der Waals surface area contributed by atoms with E-state index in [4.69, 9.17) is 0 Å². The monoisotopic (exact) mass is 224 g/mol. The Labute approximate surface area is 102 Å². The number of aldehydes is 1. The Kier molecular flexibility index (Phi) is 3.10. The van der Waals surface area contributed by atoms with Crippen molar-refractivity contribution < 1.29 is 4.79 Å². The smallest absolute Gasteiger partial charge is 0.150 e. The molecule has 2 aromatic rings. The molecular formula is C16H16O. The minimum atomic E-state index is 0.728. The lowest BCUT2D eigenvalue weighted by molar-refractivity contribution is 0.112. The molecule has 0 radical (unpaired) electrons. The number of rotatable bonds is 2. The zero-order valence-electron chi connectivity index (χ0n) is 10.4. The zero-order chi connectivity index (χ0) is 12.4. The van der Waals surface area contributed by atoms with E-state index in [1.54, 1.807) is 0 Å². The number of carbonyl (C=O) groups excluding carboxylic acids is 1. The van der Waals surface area contributed by atoms with Gasteiger partial charge in [-0.3, -0.25) is 4.79 Å². The molecule has 0 unspecified atom stereocenters. The highest BCUT2D eigenvalue weighted by atomic mass is 16.1. The minimum Gasteiger partial charge on any atom is -0.298 e. The maximum atomic E-state index is 10.9. The maximum absolute atomic E-state index is 10.9. The van der Waals surface area contributed by atoms with Crippen LogP contribution in [0.2, 0.25) is 0 Å². The van der Waals surface area contributed by atoms with Crippen LogP contribution in [0.4, 0.5) is 0 Å². The Bertz CT molecular complexity index is 568. The van der Waals surface area contributed by atoms with Gasteiger partial charge in [-0.1, -0.05) is 30.3 Å². The van der Waals surface area contributed by atoms with Gasteiger partial charge in [0.25, 0.3) is 0 Å². The summed E-state index contributed by atoms with van der Waals surface area (Å²) in [5, 5.41) is 0. The molecule has 1 heteroatoms. The summed E-state index contributed by atoms with van der Waals surface area (Å²) in [4.78, 5) is 10.9. The van der Waals surface area contributed by atoms with Gasteiger partial charge in [0.05, 0.1) is 0 Å². The van der Waals surface area contributed by atoms with E-state index < -0.39 is 0 Å². The van der Waals surface area contributed by atoms with Crippen molar-refractivity contribution in [1.82, 2.24) is 0 Å². The summed E-state index contributed by atoms with van der Waals surface area (Å²) >= 11 is 0. The molecule has 2 aromatic carbocycles. The van der Waals surface area contributed by atoms with Crippen molar-refractivity contribution in [2.45, 2.75) is 20.8 Å². The molecule has 0 heterocycles. The summed E-state index contributed by atoms with van der Waals surface area (Å²) in [6.07, 6.45) is 0.897. The molecule has 0 aliphatic heterocycles. The van der Waals surface area contributed by atoms with Gasteiger partial charge >= 0.3 is 0 Å². The van der Waals surface area contributed by atoms with Gasteiger partial charge in [0.15, 0.2) is 0 Å². The largest absolute Gasteiger partial charge is 0.298 e. The lowest BCUT2D eigenvalue weighted by Crippen LogP contribution is -1.91. The van der Waals surface area contributed by atoms with Crippen LogP contribution in [0.15, 0.2) is 36.4 Å². The fourth-order valence-corrected chi connectivity index (χ4v) is 2.05. The standard InChI is InChI=1S/C16H16O/c1-11-5-4-6-15(13(11)3)16-9-14(10-17)8-7-12(16)2/h4-10H,1-3H3. The molecule has 0 bridgehead atoms. The minimum absolute atomic E-state index is 0.728. The third kappa shape index (κ3) is 2.14. The van der Waals surface area contributed by atoms with E-state index in [1.165, 1.54) is 22.3 Å². The Morgan fingerprint density at radius 1 is 0.882 bits per heavy atom. The molecule has 0 saturated carbocycles. The van der Waals surface area contributed by atoms with E-state index in [-0.39, 0.29) is 0 Å². The second-order valence-corrected chi connectivity index (χ2v) is 4.44. The number of hydrogen-bond donors (Lipinski definition) is 0. The van der Waals surface area contributed by atoms with Crippen molar-refractivity contribution in [3.63, 3.8) is 0 Å². The Morgan fingerprint density at radius 3 is 2.35 bits per heavy atom. The highest BCUT2D eigenvalue weighted by molar-refractivity contribution is 5.81. The first-order chi connectivity index (χ1) is 8.13. The summed E-state index contributed by atoms with van der Waals surface area (Å²) in [7, 11) is 0. The van der Waals surface area contributed by atoms with Gasteiger partial charge in [-0.25, -0.2) is 0 Å². The molecule has 0 spiro atoms. The van der Waals surface area contributed by atoms with Crippen LogP contribution < -0.4 is 0 Å². The second-order valence-electron chi connectivity index (χ2n) is 4.44. The van der Waals surface area contributed by atoms with Crippen LogP contribution in [0, 0.1) is 20.8 Å². The molecule has 2 rings (SSSR count). The molecule has 0 atom stereocenters. The zero-order valence-corrected chi connectivity index (χ0v) is 10.4. The van der Waals surface area contributed by atoms with Gasteiger partial charge in [0.2, 0.25) is 0 Å². The lowest BCUT2D eigenvalue weighted by atomic mass is 9.93. The summed E-state index contributed by atoms with van der Waals surface area (Å²) in [5.41, 5.74) is 6.84. The summed E-state index contributed by atoms with van der Waals surface area (Å²) in [5.74, 6) is 0. The Balaban J connectivity index is 2.67. The summed E-state index contributed by atoms with van der Waals surface area (Å²) < 4.78 is 0. The van der Waals surface area contributed by atoms with Gasteiger partial charge in [-0.05, 0) is 54.7 Å². The van der Waals surface area contributed by atoms with Crippen LogP contribution in [0.3, 0.4) is 0 Å². The Hall–Kier alpha value is -1.89. The molecule has 0 N–H and O–H groups in total. The maximum Gasteiger partial charge on any atom is 0.150 e. The van der Waals surface area contributed by atoms with Crippen LogP contribution in [-0.4, -0.2) is 6.29 Å². The van der Waals surface area contributed by atoms with Crippen molar-refractivity contribution in [3.8, 4) is 11.1 Å². The first-order valence-electron chi connectivity index (χ1n) is 5.76. The fourth-order valence-electron chi connectivity index (χ4n) is 2.05. The van der Waals surface area contributed by atoms with E-state index in [2.05, 4.69) is 39.0 Å². The molecule has 0 aliphatic rings. The van der Waals surface area contributed by atoms with E-state index in [0.29, 0.717) is 0 Å². The van der Waals surface area contributed by atoms with Crippen LogP contribution >= 0.6 is 0 Å². The molecule has 0 amide bonds. The normalized spacial score (nSPS) is 10.3. The van der Waals surface area contributed by atoms with Gasteiger partial charge < -0.3 is 0 Å². The van der Waals surface area contributed by atoms with Crippen molar-refractivity contribution in [2.24, 2.45) is 0 Å². The van der Waals surface area contributed by atoms with Crippen molar-refractivity contribution >= 4 is 6.29 Å². The van der Waals surface area contributed by atoms with Gasteiger partial charge in [0, 0.05) is 5.56 Å². The van der Waals surface area contributed by atoms with Crippen LogP contribution in [-0.2, 0) is 0 Å². The van der Waals surface area contributed by atoms with E-state index in [0.717, 1.165) is 17.4 Å². The topological polar surface area (TPSA) is 17.1 Å². The number of carbonyl (C=O) groups is 1. The predicted molar refractivity (Wildman–Crippen MR) is 71.5 cm³/mol. The fraction of sp³-hybridized carbons (Fsp3) is 0.188. The molecular weight excluding hydrogens is 208 g/mol. The van der Waals surface area contributed by atoms with E-state index in [9.17, 15) is 4.79 Å².